The van der Waals surface area contributed by atoms with Gasteiger partial charge in [0.05, 0.1) is 5.56 Å². The second-order valence-electron chi connectivity index (χ2n) is 5.15. The van der Waals surface area contributed by atoms with E-state index < -0.39 is 11.9 Å². The molecule has 0 aliphatic carbocycles. The summed E-state index contributed by atoms with van der Waals surface area (Å²) >= 11 is 0. The highest BCUT2D eigenvalue weighted by Crippen LogP contribution is 2.21. The first kappa shape index (κ1) is 14.3. The number of anilines is 1. The highest BCUT2D eigenvalue weighted by molar-refractivity contribution is 5.95. The maximum atomic E-state index is 11.7. The molecule has 1 aromatic heterocycles. The molecule has 6 nitrogen and oxygen atoms in total. The lowest BCUT2D eigenvalue weighted by Crippen LogP contribution is -2.33. The Labute approximate surface area is 117 Å². The second-order valence-corrected chi connectivity index (χ2v) is 5.15. The van der Waals surface area contributed by atoms with Gasteiger partial charge in [-0.1, -0.05) is 6.92 Å². The summed E-state index contributed by atoms with van der Waals surface area (Å²) in [5, 5.41) is 10.8. The number of carbonyl (C=O) groups excluding carboxylic acids is 1. The van der Waals surface area contributed by atoms with Crippen molar-refractivity contribution < 1.29 is 14.7 Å². The van der Waals surface area contributed by atoms with Gasteiger partial charge in [0, 0.05) is 19.3 Å². The van der Waals surface area contributed by atoms with Crippen molar-refractivity contribution in [2.45, 2.75) is 19.8 Å². The van der Waals surface area contributed by atoms with Crippen molar-refractivity contribution in [3.8, 4) is 0 Å². The summed E-state index contributed by atoms with van der Waals surface area (Å²) in [6.07, 6.45) is 3.80. The number of piperidine rings is 1. The van der Waals surface area contributed by atoms with Crippen LogP contribution in [0.2, 0.25) is 0 Å². The van der Waals surface area contributed by atoms with E-state index in [-0.39, 0.29) is 6.54 Å². The van der Waals surface area contributed by atoms with Gasteiger partial charge in [0.2, 0.25) is 0 Å². The number of rotatable bonds is 4. The Morgan fingerprint density at radius 2 is 2.10 bits per heavy atom. The minimum atomic E-state index is -1.06. The van der Waals surface area contributed by atoms with E-state index in [1.807, 2.05) is 6.07 Å². The lowest BCUT2D eigenvalue weighted by molar-refractivity contribution is -0.135. The van der Waals surface area contributed by atoms with Crippen LogP contribution in [0.3, 0.4) is 0 Å². The zero-order chi connectivity index (χ0) is 14.5. The van der Waals surface area contributed by atoms with Gasteiger partial charge in [-0.2, -0.15) is 0 Å². The number of aromatic nitrogens is 1. The lowest BCUT2D eigenvalue weighted by atomic mass is 9.99. The van der Waals surface area contributed by atoms with Gasteiger partial charge < -0.3 is 15.3 Å². The summed E-state index contributed by atoms with van der Waals surface area (Å²) in [5.41, 5.74) is 0.375. The van der Waals surface area contributed by atoms with Gasteiger partial charge in [-0.15, -0.1) is 0 Å². The average molecular weight is 277 g/mol. The number of carbonyl (C=O) groups is 2. The van der Waals surface area contributed by atoms with E-state index in [0.29, 0.717) is 5.56 Å². The molecule has 0 spiro atoms. The highest BCUT2D eigenvalue weighted by atomic mass is 16.4. The maximum absolute atomic E-state index is 11.7. The normalized spacial score (nSPS) is 15.9. The highest BCUT2D eigenvalue weighted by Gasteiger charge is 2.17. The van der Waals surface area contributed by atoms with E-state index in [1.165, 1.54) is 6.20 Å². The molecule has 2 rings (SSSR count). The first-order valence-corrected chi connectivity index (χ1v) is 6.77. The zero-order valence-electron chi connectivity index (χ0n) is 11.5. The van der Waals surface area contributed by atoms with Crippen LogP contribution in [0.5, 0.6) is 0 Å². The molecule has 108 valence electrons. The standard InChI is InChI=1S/C14H19N3O3/c1-10-4-6-17(7-5-10)12-3-2-11(8-15-12)14(20)16-9-13(18)19/h2-3,8,10H,4-7,9H2,1H3,(H,16,20)(H,18,19). The summed E-state index contributed by atoms with van der Waals surface area (Å²) in [6.45, 7) is 3.84. The fourth-order valence-electron chi connectivity index (χ4n) is 2.20. The molecule has 2 heterocycles. The zero-order valence-corrected chi connectivity index (χ0v) is 11.5. The molecule has 0 saturated carbocycles. The molecule has 1 aromatic rings. The van der Waals surface area contributed by atoms with E-state index in [4.69, 9.17) is 5.11 Å². The molecule has 1 aliphatic heterocycles. The van der Waals surface area contributed by atoms with Crippen molar-refractivity contribution in [3.05, 3.63) is 23.9 Å². The van der Waals surface area contributed by atoms with Crippen molar-refractivity contribution in [1.29, 1.82) is 0 Å². The van der Waals surface area contributed by atoms with Crippen LogP contribution < -0.4 is 10.2 Å². The first-order chi connectivity index (χ1) is 9.56. The Morgan fingerprint density at radius 1 is 1.40 bits per heavy atom. The van der Waals surface area contributed by atoms with E-state index in [1.54, 1.807) is 6.07 Å². The molecule has 6 heteroatoms. The quantitative estimate of drug-likeness (QED) is 0.862. The van der Waals surface area contributed by atoms with Crippen molar-refractivity contribution in [3.63, 3.8) is 0 Å². The summed E-state index contributed by atoms with van der Waals surface area (Å²) in [7, 11) is 0. The molecule has 20 heavy (non-hydrogen) atoms. The molecule has 1 amide bonds. The van der Waals surface area contributed by atoms with E-state index >= 15 is 0 Å². The van der Waals surface area contributed by atoms with Crippen LogP contribution in [0.1, 0.15) is 30.1 Å². The van der Waals surface area contributed by atoms with Gasteiger partial charge in [0.15, 0.2) is 0 Å². The largest absolute Gasteiger partial charge is 0.480 e. The van der Waals surface area contributed by atoms with E-state index in [9.17, 15) is 9.59 Å². The minimum absolute atomic E-state index is 0.375. The molecular weight excluding hydrogens is 258 g/mol. The lowest BCUT2D eigenvalue weighted by Gasteiger charge is -2.31. The summed E-state index contributed by atoms with van der Waals surface area (Å²) in [4.78, 5) is 28.5. The fraction of sp³-hybridized carbons (Fsp3) is 0.500. The Balaban J connectivity index is 1.95. The SMILES string of the molecule is CC1CCN(c2ccc(C(=O)NCC(=O)O)cn2)CC1. The third-order valence-corrected chi connectivity index (χ3v) is 3.52. The van der Waals surface area contributed by atoms with E-state index in [0.717, 1.165) is 37.7 Å². The van der Waals surface area contributed by atoms with E-state index in [2.05, 4.69) is 22.1 Å². The molecule has 1 saturated heterocycles. The van der Waals surface area contributed by atoms with Gasteiger partial charge >= 0.3 is 5.97 Å². The Hall–Kier alpha value is -2.11. The van der Waals surface area contributed by atoms with Crippen LogP contribution in [0.25, 0.3) is 0 Å². The van der Waals surface area contributed by atoms with Gasteiger partial charge in [0.25, 0.3) is 5.91 Å². The molecular formula is C14H19N3O3. The summed E-state index contributed by atoms with van der Waals surface area (Å²) in [6, 6.07) is 3.49. The molecule has 0 bridgehead atoms. The number of hydrogen-bond donors (Lipinski definition) is 2. The van der Waals surface area contributed by atoms with Crippen molar-refractivity contribution >= 4 is 17.7 Å². The number of nitrogens with one attached hydrogen (secondary N) is 1. The third kappa shape index (κ3) is 3.69. The molecule has 0 unspecified atom stereocenters. The molecule has 0 aromatic carbocycles. The topological polar surface area (TPSA) is 82.5 Å². The monoisotopic (exact) mass is 277 g/mol. The van der Waals surface area contributed by atoms with Gasteiger partial charge in [0.1, 0.15) is 12.4 Å². The predicted molar refractivity (Wildman–Crippen MR) is 74.8 cm³/mol. The second kappa shape index (κ2) is 6.36. The van der Waals surface area contributed by atoms with Gasteiger partial charge in [-0.05, 0) is 30.9 Å². The van der Waals surface area contributed by atoms with Crippen LogP contribution in [0, 0.1) is 5.92 Å². The molecule has 0 atom stereocenters. The molecule has 1 fully saturated rings. The molecule has 1 aliphatic rings. The third-order valence-electron chi connectivity index (χ3n) is 3.52. The van der Waals surface area contributed by atoms with Gasteiger partial charge in [-0.25, -0.2) is 4.98 Å². The number of carboxylic acid groups (broad SMARTS) is 1. The number of hydrogen-bond acceptors (Lipinski definition) is 4. The van der Waals surface area contributed by atoms with Crippen LogP contribution >= 0.6 is 0 Å². The van der Waals surface area contributed by atoms with Crippen LogP contribution in [0.15, 0.2) is 18.3 Å². The number of carboxylic acids is 1. The van der Waals surface area contributed by atoms with Crippen molar-refractivity contribution in [2.24, 2.45) is 5.92 Å². The smallest absolute Gasteiger partial charge is 0.322 e. The average Bonchev–Trinajstić information content (AvgIpc) is 2.46. The Morgan fingerprint density at radius 3 is 2.65 bits per heavy atom. The number of pyridine rings is 1. The maximum Gasteiger partial charge on any atom is 0.322 e. The first-order valence-electron chi connectivity index (χ1n) is 6.77. The van der Waals surface area contributed by atoms with Crippen LogP contribution in [-0.2, 0) is 4.79 Å². The van der Waals surface area contributed by atoms with Crippen molar-refractivity contribution in [2.75, 3.05) is 24.5 Å². The fourth-order valence-corrected chi connectivity index (χ4v) is 2.20. The van der Waals surface area contributed by atoms with Crippen LogP contribution in [-0.4, -0.2) is 41.6 Å². The number of nitrogens with zero attached hydrogens (tertiary/aromatic N) is 2. The number of amides is 1. The minimum Gasteiger partial charge on any atom is -0.480 e. The molecule has 0 radical (unpaired) electrons. The summed E-state index contributed by atoms with van der Waals surface area (Å²) < 4.78 is 0. The summed E-state index contributed by atoms with van der Waals surface area (Å²) in [5.74, 6) is 0.142. The molecule has 2 N–H and O–H groups in total. The Bertz CT molecular complexity index is 479. The predicted octanol–water partition coefficient (Wildman–Crippen LogP) is 1.13. The van der Waals surface area contributed by atoms with Crippen LogP contribution in [0.4, 0.5) is 5.82 Å². The Kier molecular flexibility index (Phi) is 4.55. The van der Waals surface area contributed by atoms with Gasteiger partial charge in [-0.3, -0.25) is 9.59 Å². The number of aliphatic carboxylic acids is 1. The van der Waals surface area contributed by atoms with Crippen molar-refractivity contribution in [1.82, 2.24) is 10.3 Å².